The molecule has 1 aromatic heterocycles. The van der Waals surface area contributed by atoms with Crippen molar-refractivity contribution in [3.05, 3.63) is 76.2 Å². The molecule has 148 valence electrons. The Morgan fingerprint density at radius 1 is 1.03 bits per heavy atom. The van der Waals surface area contributed by atoms with Crippen molar-refractivity contribution < 1.29 is 19.5 Å². The lowest BCUT2D eigenvalue weighted by Crippen LogP contribution is -2.45. The topological polar surface area (TPSA) is 130 Å². The number of hydrogen-bond donors (Lipinski definition) is 3. The van der Waals surface area contributed by atoms with Gasteiger partial charge in [0.25, 0.3) is 11.5 Å². The van der Waals surface area contributed by atoms with E-state index in [-0.39, 0.29) is 16.5 Å². The van der Waals surface area contributed by atoms with Crippen LogP contribution in [0.4, 0.5) is 4.79 Å². The van der Waals surface area contributed by atoms with Crippen molar-refractivity contribution in [2.24, 2.45) is 0 Å². The maximum atomic E-state index is 13.1. The van der Waals surface area contributed by atoms with Crippen molar-refractivity contribution in [3.8, 4) is 0 Å². The number of urea groups is 1. The molecule has 0 fully saturated rings. The number of aromatic carboxylic acids is 1. The minimum absolute atomic E-state index is 0.103. The molecule has 9 heteroatoms. The fourth-order valence-corrected chi connectivity index (χ4v) is 2.96. The maximum Gasteiger partial charge on any atom is 0.357 e. The van der Waals surface area contributed by atoms with E-state index in [1.54, 1.807) is 49.4 Å². The number of fused-ring (bicyclic) bond motifs is 1. The number of imide groups is 1. The molecule has 0 bridgehead atoms. The number of carboxylic acid groups (broad SMARTS) is 1. The van der Waals surface area contributed by atoms with Crippen LogP contribution < -0.4 is 16.2 Å². The first kappa shape index (κ1) is 19.7. The third-order valence-corrected chi connectivity index (χ3v) is 4.21. The van der Waals surface area contributed by atoms with Crippen molar-refractivity contribution in [2.45, 2.75) is 13.0 Å². The highest BCUT2D eigenvalue weighted by molar-refractivity contribution is 6.01. The van der Waals surface area contributed by atoms with E-state index in [9.17, 15) is 24.3 Å². The van der Waals surface area contributed by atoms with E-state index in [1.807, 2.05) is 0 Å². The van der Waals surface area contributed by atoms with Crippen LogP contribution in [0.2, 0.25) is 0 Å². The van der Waals surface area contributed by atoms with Crippen LogP contribution in [0.1, 0.15) is 29.0 Å². The predicted molar refractivity (Wildman–Crippen MR) is 105 cm³/mol. The summed E-state index contributed by atoms with van der Waals surface area (Å²) in [5.74, 6) is -2.16. The van der Waals surface area contributed by atoms with Gasteiger partial charge in [-0.2, -0.15) is 5.10 Å². The number of nitrogens with zero attached hydrogens (tertiary/aromatic N) is 2. The number of carbonyl (C=O) groups is 3. The van der Waals surface area contributed by atoms with Gasteiger partial charge in [0.2, 0.25) is 0 Å². The van der Waals surface area contributed by atoms with Gasteiger partial charge in [-0.25, -0.2) is 14.3 Å². The first-order chi connectivity index (χ1) is 13.9. The predicted octanol–water partition coefficient (Wildman–Crippen LogP) is 1.53. The normalized spacial score (nSPS) is 11.6. The first-order valence-electron chi connectivity index (χ1n) is 8.82. The molecule has 0 saturated heterocycles. The highest BCUT2D eigenvalue weighted by atomic mass is 16.4. The van der Waals surface area contributed by atoms with Crippen LogP contribution in [-0.2, 0) is 4.79 Å². The lowest BCUT2D eigenvalue weighted by molar-refractivity contribution is -0.122. The lowest BCUT2D eigenvalue weighted by Gasteiger charge is -2.19. The van der Waals surface area contributed by atoms with Crippen molar-refractivity contribution in [1.29, 1.82) is 0 Å². The zero-order chi connectivity index (χ0) is 21.0. The van der Waals surface area contributed by atoms with Crippen molar-refractivity contribution in [1.82, 2.24) is 20.4 Å². The number of rotatable bonds is 5. The fourth-order valence-electron chi connectivity index (χ4n) is 2.96. The summed E-state index contributed by atoms with van der Waals surface area (Å²) in [4.78, 5) is 49.5. The summed E-state index contributed by atoms with van der Waals surface area (Å²) >= 11 is 0. The quantitative estimate of drug-likeness (QED) is 0.602. The summed E-state index contributed by atoms with van der Waals surface area (Å²) in [6, 6.07) is 12.3. The second kappa shape index (κ2) is 8.34. The molecule has 3 rings (SSSR count). The number of carbonyl (C=O) groups excluding carboxylic acids is 2. The second-order valence-corrected chi connectivity index (χ2v) is 6.11. The highest BCUT2D eigenvalue weighted by Gasteiger charge is 2.28. The Morgan fingerprint density at radius 3 is 2.28 bits per heavy atom. The van der Waals surface area contributed by atoms with Crippen LogP contribution in [0.15, 0.2) is 59.4 Å². The van der Waals surface area contributed by atoms with E-state index < -0.39 is 29.5 Å². The molecule has 0 aliphatic heterocycles. The van der Waals surface area contributed by atoms with Gasteiger partial charge in [-0.15, -0.1) is 0 Å². The zero-order valence-corrected chi connectivity index (χ0v) is 15.5. The summed E-state index contributed by atoms with van der Waals surface area (Å²) in [6.07, 6.45) is 0. The Kier molecular flexibility index (Phi) is 5.68. The summed E-state index contributed by atoms with van der Waals surface area (Å²) in [5, 5.41) is 18.4. The van der Waals surface area contributed by atoms with E-state index in [4.69, 9.17) is 0 Å². The van der Waals surface area contributed by atoms with Crippen molar-refractivity contribution in [2.75, 3.05) is 6.54 Å². The lowest BCUT2D eigenvalue weighted by atomic mass is 10.1. The van der Waals surface area contributed by atoms with Gasteiger partial charge >= 0.3 is 12.0 Å². The average molecular weight is 394 g/mol. The average Bonchev–Trinajstić information content (AvgIpc) is 2.70. The second-order valence-electron chi connectivity index (χ2n) is 6.11. The number of carboxylic acids is 1. The molecule has 1 heterocycles. The summed E-state index contributed by atoms with van der Waals surface area (Å²) < 4.78 is 0.801. The van der Waals surface area contributed by atoms with Gasteiger partial charge in [0.1, 0.15) is 0 Å². The third kappa shape index (κ3) is 3.98. The third-order valence-electron chi connectivity index (χ3n) is 4.21. The van der Waals surface area contributed by atoms with E-state index in [1.165, 1.54) is 12.1 Å². The van der Waals surface area contributed by atoms with Crippen molar-refractivity contribution in [3.63, 3.8) is 0 Å². The molecule has 2 aromatic carbocycles. The molecule has 0 radical (unpaired) electrons. The van der Waals surface area contributed by atoms with E-state index in [0.717, 1.165) is 4.68 Å². The monoisotopic (exact) mass is 394 g/mol. The maximum absolute atomic E-state index is 13.1. The SMILES string of the molecule is CCNC(=O)NC(=O)[C@@H](c1ccccc1)n1nc(C(=O)O)c2ccccc2c1=O. The van der Waals surface area contributed by atoms with Crippen LogP contribution in [0.5, 0.6) is 0 Å². The molecule has 0 saturated carbocycles. The Morgan fingerprint density at radius 2 is 1.66 bits per heavy atom. The van der Waals surface area contributed by atoms with Crippen LogP contribution in [0, 0.1) is 0 Å². The Bertz CT molecular complexity index is 1140. The molecule has 0 spiro atoms. The summed E-state index contributed by atoms with van der Waals surface area (Å²) in [5.41, 5.74) is -0.645. The number of benzene rings is 2. The molecule has 29 heavy (non-hydrogen) atoms. The smallest absolute Gasteiger partial charge is 0.357 e. The molecular formula is C20H18N4O5. The van der Waals surface area contributed by atoms with Crippen molar-refractivity contribution >= 4 is 28.7 Å². The van der Waals surface area contributed by atoms with Gasteiger partial charge in [-0.1, -0.05) is 48.5 Å². The largest absolute Gasteiger partial charge is 0.476 e. The van der Waals surface area contributed by atoms with Crippen LogP contribution in [0.25, 0.3) is 10.8 Å². The number of amides is 3. The van der Waals surface area contributed by atoms with Gasteiger partial charge in [0, 0.05) is 11.9 Å². The molecule has 0 aliphatic carbocycles. The minimum Gasteiger partial charge on any atom is -0.476 e. The molecule has 3 amide bonds. The zero-order valence-electron chi connectivity index (χ0n) is 15.5. The first-order valence-corrected chi connectivity index (χ1v) is 8.82. The molecule has 3 N–H and O–H groups in total. The minimum atomic E-state index is -1.34. The Labute approximate surface area is 165 Å². The van der Waals surface area contributed by atoms with E-state index in [2.05, 4.69) is 15.7 Å². The van der Waals surface area contributed by atoms with Crippen LogP contribution in [0.3, 0.4) is 0 Å². The van der Waals surface area contributed by atoms with E-state index >= 15 is 0 Å². The summed E-state index contributed by atoms with van der Waals surface area (Å²) in [6.45, 7) is 1.99. The van der Waals surface area contributed by atoms with Gasteiger partial charge in [0.15, 0.2) is 11.7 Å². The Balaban J connectivity index is 2.23. The molecule has 3 aromatic rings. The Hall–Kier alpha value is -4.01. The number of nitrogens with one attached hydrogen (secondary N) is 2. The fraction of sp³-hybridized carbons (Fsp3) is 0.150. The van der Waals surface area contributed by atoms with Gasteiger partial charge in [0.05, 0.1) is 5.39 Å². The van der Waals surface area contributed by atoms with Crippen LogP contribution >= 0.6 is 0 Å². The van der Waals surface area contributed by atoms with Crippen LogP contribution in [-0.4, -0.2) is 39.3 Å². The summed E-state index contributed by atoms with van der Waals surface area (Å²) in [7, 11) is 0. The molecule has 0 aliphatic rings. The molecular weight excluding hydrogens is 376 g/mol. The van der Waals surface area contributed by atoms with E-state index in [0.29, 0.717) is 12.1 Å². The molecule has 0 unspecified atom stereocenters. The van der Waals surface area contributed by atoms with Gasteiger partial charge in [-0.05, 0) is 18.6 Å². The standard InChI is InChI=1S/C20H18N4O5/c1-2-21-20(29)22-17(25)16(12-8-4-3-5-9-12)24-18(26)14-11-7-6-10-13(14)15(23-24)19(27)28/h3-11,16H,2H2,1H3,(H,27,28)(H2,21,22,25,29)/t16-/m1/s1. The molecule has 1 atom stereocenters. The highest BCUT2D eigenvalue weighted by Crippen LogP contribution is 2.20. The number of hydrogen-bond acceptors (Lipinski definition) is 5. The van der Waals surface area contributed by atoms with Gasteiger partial charge < -0.3 is 10.4 Å². The molecule has 9 nitrogen and oxygen atoms in total. The number of aromatic nitrogens is 2. The van der Waals surface area contributed by atoms with Gasteiger partial charge in [-0.3, -0.25) is 14.9 Å².